The van der Waals surface area contributed by atoms with Crippen molar-refractivity contribution in [3.63, 3.8) is 0 Å². The summed E-state index contributed by atoms with van der Waals surface area (Å²) in [6, 6.07) is 7.07. The van der Waals surface area contributed by atoms with Crippen molar-refractivity contribution in [2.45, 2.75) is 30.5 Å². The fourth-order valence-electron chi connectivity index (χ4n) is 1.31. The fourth-order valence-corrected chi connectivity index (χ4v) is 2.82. The molecule has 0 amide bonds. The largest absolute Gasteiger partial charge is 0.326 e. The second kappa shape index (κ2) is 5.10. The zero-order valence-electron chi connectivity index (χ0n) is 9.38. The van der Waals surface area contributed by atoms with Gasteiger partial charge in [0, 0.05) is 16.7 Å². The first kappa shape index (κ1) is 12.7. The molecular formula is C11H15N3OS. The van der Waals surface area contributed by atoms with Crippen molar-refractivity contribution in [3.8, 4) is 6.19 Å². The Morgan fingerprint density at radius 3 is 2.38 bits per heavy atom. The predicted molar refractivity (Wildman–Crippen MR) is 63.9 cm³/mol. The number of nitrogens with two attached hydrogens (primary N) is 1. The van der Waals surface area contributed by atoms with E-state index in [4.69, 9.17) is 11.0 Å². The van der Waals surface area contributed by atoms with E-state index in [1.807, 2.05) is 12.1 Å². The molecular weight excluding hydrogens is 222 g/mol. The molecule has 0 saturated heterocycles. The quantitative estimate of drug-likeness (QED) is 0.815. The Bertz CT molecular complexity index is 505. The summed E-state index contributed by atoms with van der Waals surface area (Å²) in [5, 5.41) is 8.40. The van der Waals surface area contributed by atoms with Crippen molar-refractivity contribution in [1.29, 1.82) is 5.26 Å². The SMILES string of the molecule is CC(C)S(=O)(=NC#N)c1ccc(CN)cc1. The molecule has 0 heterocycles. The highest BCUT2D eigenvalue weighted by Crippen LogP contribution is 2.19. The van der Waals surface area contributed by atoms with Crippen LogP contribution in [0.5, 0.6) is 0 Å². The van der Waals surface area contributed by atoms with Crippen LogP contribution in [-0.4, -0.2) is 9.46 Å². The van der Waals surface area contributed by atoms with Crippen molar-refractivity contribution >= 4 is 9.73 Å². The highest BCUT2D eigenvalue weighted by atomic mass is 32.2. The van der Waals surface area contributed by atoms with Gasteiger partial charge in [-0.1, -0.05) is 12.1 Å². The van der Waals surface area contributed by atoms with Crippen LogP contribution >= 0.6 is 0 Å². The van der Waals surface area contributed by atoms with Crippen molar-refractivity contribution < 1.29 is 4.21 Å². The Morgan fingerprint density at radius 1 is 1.44 bits per heavy atom. The number of hydrogen-bond acceptors (Lipinski definition) is 4. The van der Waals surface area contributed by atoms with Crippen molar-refractivity contribution in [2.75, 3.05) is 0 Å². The molecule has 4 nitrogen and oxygen atoms in total. The van der Waals surface area contributed by atoms with Gasteiger partial charge >= 0.3 is 0 Å². The Kier molecular flexibility index (Phi) is 4.05. The molecule has 0 aliphatic carbocycles. The molecule has 2 N–H and O–H groups in total. The van der Waals surface area contributed by atoms with Gasteiger partial charge < -0.3 is 5.73 Å². The van der Waals surface area contributed by atoms with Crippen molar-refractivity contribution in [2.24, 2.45) is 10.1 Å². The van der Waals surface area contributed by atoms with Crippen molar-refractivity contribution in [3.05, 3.63) is 29.8 Å². The summed E-state index contributed by atoms with van der Waals surface area (Å²) in [4.78, 5) is 0.584. The normalized spacial score (nSPS) is 14.2. The second-order valence-electron chi connectivity index (χ2n) is 3.66. The molecule has 86 valence electrons. The van der Waals surface area contributed by atoms with E-state index < -0.39 is 9.73 Å². The topological polar surface area (TPSA) is 79.2 Å². The van der Waals surface area contributed by atoms with E-state index in [1.54, 1.807) is 32.2 Å². The molecule has 1 aromatic carbocycles. The summed E-state index contributed by atoms with van der Waals surface area (Å²) in [6.07, 6.45) is 1.64. The van der Waals surface area contributed by atoms with E-state index in [0.717, 1.165) is 5.56 Å². The van der Waals surface area contributed by atoms with Gasteiger partial charge in [0.2, 0.25) is 6.19 Å². The van der Waals surface area contributed by atoms with Crippen LogP contribution in [0.1, 0.15) is 19.4 Å². The van der Waals surface area contributed by atoms with E-state index in [-0.39, 0.29) is 5.25 Å². The Hall–Kier alpha value is -1.38. The maximum absolute atomic E-state index is 12.5. The minimum absolute atomic E-state index is 0.198. The number of nitriles is 1. The molecule has 16 heavy (non-hydrogen) atoms. The van der Waals surface area contributed by atoms with Crippen LogP contribution < -0.4 is 5.73 Å². The van der Waals surface area contributed by atoms with E-state index >= 15 is 0 Å². The lowest BCUT2D eigenvalue weighted by Gasteiger charge is -2.12. The van der Waals surface area contributed by atoms with Crippen molar-refractivity contribution in [1.82, 2.24) is 0 Å². The first-order valence-electron chi connectivity index (χ1n) is 4.97. The average molecular weight is 237 g/mol. The lowest BCUT2D eigenvalue weighted by molar-refractivity contribution is 0.669. The maximum Gasteiger partial charge on any atom is 0.214 e. The van der Waals surface area contributed by atoms with Gasteiger partial charge in [-0.05, 0) is 31.5 Å². The van der Waals surface area contributed by atoms with Crippen LogP contribution in [0.3, 0.4) is 0 Å². The molecule has 1 rings (SSSR count). The summed E-state index contributed by atoms with van der Waals surface area (Å²) in [7, 11) is -2.64. The highest BCUT2D eigenvalue weighted by Gasteiger charge is 2.17. The zero-order valence-corrected chi connectivity index (χ0v) is 10.2. The molecule has 1 atom stereocenters. The summed E-state index contributed by atoms with van der Waals surface area (Å²) in [5.41, 5.74) is 6.44. The van der Waals surface area contributed by atoms with E-state index in [1.165, 1.54) is 0 Å². The molecule has 0 bridgehead atoms. The third kappa shape index (κ3) is 2.40. The molecule has 1 aromatic rings. The third-order valence-corrected chi connectivity index (χ3v) is 4.89. The van der Waals surface area contributed by atoms with Crippen LogP contribution in [0.2, 0.25) is 0 Å². The zero-order chi connectivity index (χ0) is 12.2. The van der Waals surface area contributed by atoms with Crippen LogP contribution in [0, 0.1) is 11.5 Å². The molecule has 5 heteroatoms. The first-order valence-corrected chi connectivity index (χ1v) is 6.55. The van der Waals surface area contributed by atoms with Gasteiger partial charge in [-0.2, -0.15) is 5.26 Å². The Balaban J connectivity index is 3.31. The standard InChI is InChI=1S/C11H15N3OS/c1-9(2)16(15,14-8-13)11-5-3-10(7-12)4-6-11/h3-6,9H,7,12H2,1-2H3. The van der Waals surface area contributed by atoms with Crippen LogP contribution in [0.25, 0.3) is 0 Å². The summed E-state index contributed by atoms with van der Waals surface area (Å²) in [6.45, 7) is 4.03. The minimum atomic E-state index is -2.64. The lowest BCUT2D eigenvalue weighted by Crippen LogP contribution is -2.13. The van der Waals surface area contributed by atoms with Crippen LogP contribution in [0.4, 0.5) is 0 Å². The molecule has 0 aliphatic heterocycles. The van der Waals surface area contributed by atoms with Gasteiger partial charge in [0.05, 0.1) is 9.73 Å². The van der Waals surface area contributed by atoms with Gasteiger partial charge in [-0.25, -0.2) is 4.21 Å². The summed E-state index contributed by atoms with van der Waals surface area (Å²) < 4.78 is 16.0. The van der Waals surface area contributed by atoms with Gasteiger partial charge in [0.15, 0.2) is 0 Å². The first-order chi connectivity index (χ1) is 7.54. The predicted octanol–water partition coefficient (Wildman–Crippen LogP) is 1.86. The minimum Gasteiger partial charge on any atom is -0.326 e. The molecule has 0 fully saturated rings. The van der Waals surface area contributed by atoms with E-state index in [2.05, 4.69) is 4.36 Å². The van der Waals surface area contributed by atoms with Crippen LogP contribution in [-0.2, 0) is 16.3 Å². The van der Waals surface area contributed by atoms with Gasteiger partial charge in [-0.3, -0.25) is 0 Å². The molecule has 0 radical (unpaired) electrons. The molecule has 0 saturated carbocycles. The number of nitrogens with zero attached hydrogens (tertiary/aromatic N) is 2. The molecule has 0 aromatic heterocycles. The fraction of sp³-hybridized carbons (Fsp3) is 0.364. The Labute approximate surface area is 96.3 Å². The highest BCUT2D eigenvalue weighted by molar-refractivity contribution is 7.94. The molecule has 1 unspecified atom stereocenters. The van der Waals surface area contributed by atoms with E-state index in [0.29, 0.717) is 11.4 Å². The number of rotatable bonds is 3. The van der Waals surface area contributed by atoms with Crippen LogP contribution in [0.15, 0.2) is 33.5 Å². The summed E-state index contributed by atoms with van der Waals surface area (Å²) in [5.74, 6) is 0. The maximum atomic E-state index is 12.5. The van der Waals surface area contributed by atoms with E-state index in [9.17, 15) is 4.21 Å². The number of hydrogen-bond donors (Lipinski definition) is 1. The number of benzene rings is 1. The lowest BCUT2D eigenvalue weighted by atomic mass is 10.2. The van der Waals surface area contributed by atoms with Gasteiger partial charge in [-0.15, -0.1) is 4.36 Å². The third-order valence-electron chi connectivity index (χ3n) is 2.31. The van der Waals surface area contributed by atoms with Gasteiger partial charge in [0.1, 0.15) is 0 Å². The smallest absolute Gasteiger partial charge is 0.214 e. The molecule has 0 spiro atoms. The average Bonchev–Trinajstić information content (AvgIpc) is 2.29. The Morgan fingerprint density at radius 2 is 2.00 bits per heavy atom. The second-order valence-corrected chi connectivity index (χ2v) is 6.39. The summed E-state index contributed by atoms with van der Waals surface area (Å²) >= 11 is 0. The van der Waals surface area contributed by atoms with Gasteiger partial charge in [0.25, 0.3) is 0 Å². The molecule has 0 aliphatic rings. The monoisotopic (exact) mass is 237 g/mol.